The molecule has 5 nitrogen and oxygen atoms in total. The number of amides is 1. The molecule has 1 aromatic carbocycles. The maximum atomic E-state index is 14.5. The lowest BCUT2D eigenvalue weighted by molar-refractivity contribution is 0.0218. The van der Waals surface area contributed by atoms with Gasteiger partial charge in [-0.1, -0.05) is 6.07 Å². The zero-order valence-corrected chi connectivity index (χ0v) is 17.3. The highest BCUT2D eigenvalue weighted by molar-refractivity contribution is 9.10. The number of ether oxygens (including phenoxy) is 1. The molecule has 1 aliphatic heterocycles. The van der Waals surface area contributed by atoms with E-state index in [0.29, 0.717) is 29.4 Å². The lowest BCUT2D eigenvalue weighted by Crippen LogP contribution is -2.36. The van der Waals surface area contributed by atoms with Crippen molar-refractivity contribution < 1.29 is 13.9 Å². The molecule has 1 saturated heterocycles. The summed E-state index contributed by atoms with van der Waals surface area (Å²) in [4.78, 5) is 22.5. The highest BCUT2D eigenvalue weighted by atomic mass is 79.9. The second-order valence-electron chi connectivity index (χ2n) is 8.17. The van der Waals surface area contributed by atoms with E-state index in [0.717, 1.165) is 35.6 Å². The maximum Gasteiger partial charge on any atom is 0.410 e. The molecule has 0 spiro atoms. The van der Waals surface area contributed by atoms with Crippen molar-refractivity contribution in [2.24, 2.45) is 0 Å². The van der Waals surface area contributed by atoms with Crippen LogP contribution in [-0.4, -0.2) is 33.1 Å². The molecule has 7 heteroatoms. The molecule has 0 saturated carbocycles. The van der Waals surface area contributed by atoms with E-state index < -0.39 is 5.60 Å². The number of carbonyl (C=O) groups is 1. The van der Waals surface area contributed by atoms with Gasteiger partial charge < -0.3 is 9.72 Å². The average Bonchev–Trinajstić information content (AvgIpc) is 3.22. The van der Waals surface area contributed by atoms with Gasteiger partial charge in [0, 0.05) is 17.8 Å². The Labute approximate surface area is 166 Å². The highest BCUT2D eigenvalue weighted by Crippen LogP contribution is 2.39. The number of carbonyl (C=O) groups excluding carboxylic acids is 1. The number of hydrogen-bond acceptors (Lipinski definition) is 3. The van der Waals surface area contributed by atoms with Crippen LogP contribution in [0.25, 0.3) is 11.3 Å². The minimum Gasteiger partial charge on any atom is -0.444 e. The van der Waals surface area contributed by atoms with E-state index in [4.69, 9.17) is 9.72 Å². The number of nitrogens with one attached hydrogen (secondary N) is 1. The van der Waals surface area contributed by atoms with Crippen LogP contribution < -0.4 is 0 Å². The zero-order chi connectivity index (χ0) is 19.3. The Balaban J connectivity index is 1.66. The molecule has 1 amide bonds. The summed E-state index contributed by atoms with van der Waals surface area (Å²) >= 11 is 3.26. The van der Waals surface area contributed by atoms with Gasteiger partial charge in [-0.2, -0.15) is 0 Å². The number of imidazole rings is 1. The van der Waals surface area contributed by atoms with Crippen molar-refractivity contribution in [2.45, 2.75) is 58.1 Å². The summed E-state index contributed by atoms with van der Waals surface area (Å²) in [6.45, 7) is 6.25. The molecular weight excluding hydrogens is 413 g/mol. The number of likely N-dealkylation sites (tertiary alicyclic amines) is 1. The fraction of sp³-hybridized carbons (Fsp3) is 0.500. The normalized spacial score (nSPS) is 19.0. The van der Waals surface area contributed by atoms with E-state index in [1.54, 1.807) is 11.0 Å². The van der Waals surface area contributed by atoms with Crippen LogP contribution in [0.2, 0.25) is 0 Å². The summed E-state index contributed by atoms with van der Waals surface area (Å²) in [6, 6.07) is 3.50. The molecule has 144 valence electrons. The minimum absolute atomic E-state index is 0.130. The molecule has 1 atom stereocenters. The van der Waals surface area contributed by atoms with Crippen molar-refractivity contribution in [3.63, 3.8) is 0 Å². The molecule has 2 heterocycles. The van der Waals surface area contributed by atoms with Gasteiger partial charge in [0.05, 0.1) is 16.2 Å². The van der Waals surface area contributed by atoms with Gasteiger partial charge in [-0.05, 0) is 74.0 Å². The average molecular weight is 436 g/mol. The molecule has 1 unspecified atom stereocenters. The molecule has 27 heavy (non-hydrogen) atoms. The lowest BCUT2D eigenvalue weighted by Gasteiger charge is -2.27. The molecule has 1 aliphatic carbocycles. The van der Waals surface area contributed by atoms with Crippen LogP contribution in [0.5, 0.6) is 0 Å². The van der Waals surface area contributed by atoms with Gasteiger partial charge in [0.1, 0.15) is 17.2 Å². The van der Waals surface area contributed by atoms with Gasteiger partial charge in [0.2, 0.25) is 0 Å². The largest absolute Gasteiger partial charge is 0.444 e. The molecule has 1 fully saturated rings. The molecular formula is C20H23BrFN3O2. The Bertz CT molecular complexity index is 903. The lowest BCUT2D eigenvalue weighted by atomic mass is 9.92. The van der Waals surface area contributed by atoms with Crippen molar-refractivity contribution in [3.05, 3.63) is 39.5 Å². The third-order valence-electron chi connectivity index (χ3n) is 5.07. The smallest absolute Gasteiger partial charge is 0.410 e. The first-order valence-electron chi connectivity index (χ1n) is 9.30. The molecule has 2 aliphatic rings. The van der Waals surface area contributed by atoms with Crippen molar-refractivity contribution >= 4 is 22.0 Å². The fourth-order valence-corrected chi connectivity index (χ4v) is 4.26. The van der Waals surface area contributed by atoms with Crippen LogP contribution in [0.15, 0.2) is 16.6 Å². The number of H-pyrrole nitrogens is 1. The number of halogens is 2. The van der Waals surface area contributed by atoms with Crippen molar-refractivity contribution in [1.29, 1.82) is 0 Å². The first-order chi connectivity index (χ1) is 12.7. The topological polar surface area (TPSA) is 58.2 Å². The molecule has 0 bridgehead atoms. The number of aromatic nitrogens is 2. The molecule has 1 N–H and O–H groups in total. The Kier molecular flexibility index (Phi) is 4.53. The van der Waals surface area contributed by atoms with E-state index in [9.17, 15) is 9.18 Å². The Hall–Kier alpha value is -1.89. The first kappa shape index (κ1) is 18.5. The van der Waals surface area contributed by atoms with E-state index >= 15 is 0 Å². The third kappa shape index (κ3) is 3.37. The van der Waals surface area contributed by atoms with Crippen LogP contribution >= 0.6 is 15.9 Å². The van der Waals surface area contributed by atoms with Crippen LogP contribution in [0, 0.1) is 5.82 Å². The summed E-state index contributed by atoms with van der Waals surface area (Å²) in [7, 11) is 0. The van der Waals surface area contributed by atoms with E-state index in [-0.39, 0.29) is 18.0 Å². The number of aromatic amines is 1. The van der Waals surface area contributed by atoms with Gasteiger partial charge in [0.25, 0.3) is 0 Å². The summed E-state index contributed by atoms with van der Waals surface area (Å²) in [5.74, 6) is 0.554. The second kappa shape index (κ2) is 6.62. The SMILES string of the molecule is CC(C)(C)OC(=O)N1CCCC1c1nc2c([nH]1)CCc1c-2ccc(Br)c1F. The van der Waals surface area contributed by atoms with Crippen LogP contribution in [-0.2, 0) is 17.6 Å². The second-order valence-corrected chi connectivity index (χ2v) is 9.02. The predicted octanol–water partition coefficient (Wildman–Crippen LogP) is 5.15. The number of aryl methyl sites for hydroxylation is 1. The molecule has 1 aromatic heterocycles. The van der Waals surface area contributed by atoms with E-state index in [1.165, 1.54) is 0 Å². The fourth-order valence-electron chi connectivity index (χ4n) is 3.89. The van der Waals surface area contributed by atoms with Crippen LogP contribution in [0.1, 0.15) is 56.7 Å². The van der Waals surface area contributed by atoms with E-state index in [2.05, 4.69) is 20.9 Å². The standard InChI is InChI=1S/C20H23BrFN3O2/c1-20(2,3)27-19(26)25-10-4-5-15(25)18-23-14-9-7-11-12(17(14)24-18)6-8-13(21)16(11)22/h6,8,15H,4-5,7,9-10H2,1-3H3,(H,23,24). The molecule has 4 rings (SSSR count). The highest BCUT2D eigenvalue weighted by Gasteiger charge is 2.36. The summed E-state index contributed by atoms with van der Waals surface area (Å²) in [6.07, 6.45) is 2.78. The first-order valence-corrected chi connectivity index (χ1v) is 10.1. The number of hydrogen-bond donors (Lipinski definition) is 1. The number of benzene rings is 1. The number of nitrogens with zero attached hydrogens (tertiary/aromatic N) is 2. The Morgan fingerprint density at radius 3 is 2.89 bits per heavy atom. The van der Waals surface area contributed by atoms with Gasteiger partial charge in [0.15, 0.2) is 0 Å². The number of fused-ring (bicyclic) bond motifs is 3. The summed E-state index contributed by atoms with van der Waals surface area (Å²) in [5.41, 5.74) is 2.81. The van der Waals surface area contributed by atoms with Crippen LogP contribution in [0.4, 0.5) is 9.18 Å². The van der Waals surface area contributed by atoms with Crippen molar-refractivity contribution in [3.8, 4) is 11.3 Å². The number of rotatable bonds is 1. The quantitative estimate of drug-likeness (QED) is 0.673. The molecule has 2 aromatic rings. The van der Waals surface area contributed by atoms with E-state index in [1.807, 2.05) is 26.8 Å². The van der Waals surface area contributed by atoms with Gasteiger partial charge in [-0.25, -0.2) is 14.2 Å². The van der Waals surface area contributed by atoms with Crippen LogP contribution in [0.3, 0.4) is 0 Å². The monoisotopic (exact) mass is 435 g/mol. The minimum atomic E-state index is -0.531. The van der Waals surface area contributed by atoms with Gasteiger partial charge in [-0.15, -0.1) is 0 Å². The summed E-state index contributed by atoms with van der Waals surface area (Å²) in [5, 5.41) is 0. The third-order valence-corrected chi connectivity index (χ3v) is 5.68. The Morgan fingerprint density at radius 2 is 2.15 bits per heavy atom. The van der Waals surface area contributed by atoms with Gasteiger partial charge >= 0.3 is 6.09 Å². The molecule has 0 radical (unpaired) electrons. The van der Waals surface area contributed by atoms with Crippen molar-refractivity contribution in [2.75, 3.05) is 6.54 Å². The van der Waals surface area contributed by atoms with Gasteiger partial charge in [-0.3, -0.25) is 4.90 Å². The zero-order valence-electron chi connectivity index (χ0n) is 15.7. The Morgan fingerprint density at radius 1 is 1.37 bits per heavy atom. The summed E-state index contributed by atoms with van der Waals surface area (Å²) < 4.78 is 20.5. The maximum absolute atomic E-state index is 14.5. The predicted molar refractivity (Wildman–Crippen MR) is 104 cm³/mol. The van der Waals surface area contributed by atoms with Crippen molar-refractivity contribution in [1.82, 2.24) is 14.9 Å².